The molecule has 0 fully saturated rings. The first-order valence-corrected chi connectivity index (χ1v) is 4.29. The normalized spacial score (nSPS) is 23.2. The summed E-state index contributed by atoms with van der Waals surface area (Å²) in [6, 6.07) is 0. The zero-order valence-corrected chi connectivity index (χ0v) is 8.30. The number of Topliss-reactive ketones (excluding diaryl/α,β-unsaturated/α-hetero) is 1. The summed E-state index contributed by atoms with van der Waals surface area (Å²) in [5, 5.41) is 0.424. The molecule has 0 saturated heterocycles. The van der Waals surface area contributed by atoms with Crippen LogP contribution in [0.1, 0.15) is 13.8 Å². The van der Waals surface area contributed by atoms with Crippen LogP contribution in [-0.4, -0.2) is 12.0 Å². The Bertz CT molecular complexity index is 348. The molecule has 68 valence electrons. The lowest BCUT2D eigenvalue weighted by Crippen LogP contribution is -1.98. The van der Waals surface area contributed by atoms with Gasteiger partial charge in [0.05, 0.1) is 5.03 Å². The highest BCUT2D eigenvalue weighted by molar-refractivity contribution is 6.34. The second kappa shape index (κ2) is 4.19. The molecule has 0 aromatic rings. The smallest absolute Gasteiger partial charge is 0.179 e. The first-order valence-electron chi connectivity index (χ1n) is 3.91. The molecule has 0 aromatic heterocycles. The summed E-state index contributed by atoms with van der Waals surface area (Å²) >= 11 is 5.95. The third-order valence-electron chi connectivity index (χ3n) is 1.63. The summed E-state index contributed by atoms with van der Waals surface area (Å²) in [4.78, 5) is 15.1. The molecule has 0 aliphatic carbocycles. The van der Waals surface area contributed by atoms with Crippen LogP contribution in [0.25, 0.3) is 0 Å². The van der Waals surface area contributed by atoms with Crippen LogP contribution < -0.4 is 0 Å². The van der Waals surface area contributed by atoms with Crippen LogP contribution in [0.2, 0.25) is 0 Å². The molecule has 0 radical (unpaired) electrons. The number of hydrogen-bond acceptors (Lipinski definition) is 2. The average molecular weight is 196 g/mol. The number of carbonyl (C=O) groups excluding carboxylic acids is 1. The summed E-state index contributed by atoms with van der Waals surface area (Å²) in [6.45, 7) is 3.30. The van der Waals surface area contributed by atoms with Crippen molar-refractivity contribution in [1.82, 2.24) is 0 Å². The van der Waals surface area contributed by atoms with Crippen LogP contribution in [0, 0.1) is 0 Å². The molecule has 3 heteroatoms. The van der Waals surface area contributed by atoms with Crippen molar-refractivity contribution >= 4 is 23.6 Å². The molecule has 0 amide bonds. The molecule has 1 aliphatic rings. The van der Waals surface area contributed by atoms with E-state index in [2.05, 4.69) is 4.99 Å². The molecular weight excluding hydrogens is 186 g/mol. The minimum absolute atomic E-state index is 0.121. The molecule has 1 rings (SSSR count). The van der Waals surface area contributed by atoms with Crippen LogP contribution in [0.15, 0.2) is 39.5 Å². The fourth-order valence-corrected chi connectivity index (χ4v) is 1.17. The SMILES string of the molecule is CC(=O)C1=C(Cl)/C(C)=C/C=C/C=N1. The quantitative estimate of drug-likeness (QED) is 0.633. The number of nitrogens with zero attached hydrogens (tertiary/aromatic N) is 1. The van der Waals surface area contributed by atoms with Gasteiger partial charge in [0.2, 0.25) is 0 Å². The third-order valence-corrected chi connectivity index (χ3v) is 2.11. The van der Waals surface area contributed by atoms with Gasteiger partial charge in [-0.2, -0.15) is 0 Å². The van der Waals surface area contributed by atoms with Crippen LogP contribution in [-0.2, 0) is 4.79 Å². The van der Waals surface area contributed by atoms with Gasteiger partial charge >= 0.3 is 0 Å². The van der Waals surface area contributed by atoms with E-state index < -0.39 is 0 Å². The van der Waals surface area contributed by atoms with Crippen molar-refractivity contribution in [3.05, 3.63) is 34.5 Å². The number of allylic oxidation sites excluding steroid dienone is 6. The van der Waals surface area contributed by atoms with Crippen LogP contribution >= 0.6 is 11.6 Å². The second-order valence-corrected chi connectivity index (χ2v) is 3.11. The Morgan fingerprint density at radius 2 is 2.15 bits per heavy atom. The highest BCUT2D eigenvalue weighted by Crippen LogP contribution is 2.21. The fraction of sp³-hybridized carbons (Fsp3) is 0.200. The maximum Gasteiger partial charge on any atom is 0.179 e. The third kappa shape index (κ3) is 2.39. The van der Waals surface area contributed by atoms with Gasteiger partial charge in [-0.05, 0) is 18.6 Å². The Hall–Kier alpha value is -1.15. The lowest BCUT2D eigenvalue weighted by atomic mass is 10.2. The van der Waals surface area contributed by atoms with Crippen molar-refractivity contribution in [3.63, 3.8) is 0 Å². The minimum Gasteiger partial charge on any atom is -0.293 e. The maximum absolute atomic E-state index is 11.1. The van der Waals surface area contributed by atoms with Crippen LogP contribution in [0.3, 0.4) is 0 Å². The first-order chi connectivity index (χ1) is 6.13. The standard InChI is InChI=1S/C10H10ClNO/c1-7-5-3-4-6-12-10(8(2)13)9(7)11/h3-6H,1-2H3/b4-3+,5-3?,6-4?,7-5+,9-7?,10-9?,12-6?,12-10?. The number of halogens is 1. The van der Waals surface area contributed by atoms with E-state index in [4.69, 9.17) is 11.6 Å². The Balaban J connectivity index is 3.21. The molecule has 1 heterocycles. The monoisotopic (exact) mass is 195 g/mol. The van der Waals surface area contributed by atoms with E-state index in [1.165, 1.54) is 6.92 Å². The Morgan fingerprint density at radius 3 is 2.77 bits per heavy atom. The molecule has 2 nitrogen and oxygen atoms in total. The van der Waals surface area contributed by atoms with Gasteiger partial charge < -0.3 is 0 Å². The number of rotatable bonds is 1. The number of ketones is 1. The lowest BCUT2D eigenvalue weighted by molar-refractivity contribution is -0.113. The zero-order chi connectivity index (χ0) is 9.84. The highest BCUT2D eigenvalue weighted by atomic mass is 35.5. The van der Waals surface area contributed by atoms with Crippen molar-refractivity contribution in [2.24, 2.45) is 4.99 Å². The molecule has 0 unspecified atom stereocenters. The molecule has 0 bridgehead atoms. The second-order valence-electron chi connectivity index (χ2n) is 2.73. The number of hydrogen-bond donors (Lipinski definition) is 0. The maximum atomic E-state index is 11.1. The van der Waals surface area contributed by atoms with E-state index >= 15 is 0 Å². The predicted octanol–water partition coefficient (Wildman–Crippen LogP) is 2.61. The van der Waals surface area contributed by atoms with Crippen LogP contribution in [0.5, 0.6) is 0 Å². The Kier molecular flexibility index (Phi) is 3.20. The summed E-state index contributed by atoms with van der Waals surface area (Å²) in [7, 11) is 0. The molecule has 13 heavy (non-hydrogen) atoms. The molecule has 0 N–H and O–H groups in total. The lowest BCUT2D eigenvalue weighted by Gasteiger charge is -2.03. The van der Waals surface area contributed by atoms with Gasteiger partial charge in [-0.25, -0.2) is 0 Å². The summed E-state index contributed by atoms with van der Waals surface area (Å²) < 4.78 is 0. The number of aliphatic imine (C=N–C) groups is 1. The van der Waals surface area contributed by atoms with Gasteiger partial charge in [0.15, 0.2) is 5.78 Å². The van der Waals surface area contributed by atoms with Gasteiger partial charge in [-0.1, -0.05) is 23.8 Å². The van der Waals surface area contributed by atoms with Gasteiger partial charge in [-0.3, -0.25) is 9.79 Å². The summed E-state index contributed by atoms with van der Waals surface area (Å²) in [5.74, 6) is -0.121. The van der Waals surface area contributed by atoms with Crippen molar-refractivity contribution in [1.29, 1.82) is 0 Å². The van der Waals surface area contributed by atoms with E-state index in [0.29, 0.717) is 10.7 Å². The molecule has 0 aromatic carbocycles. The van der Waals surface area contributed by atoms with E-state index in [9.17, 15) is 4.79 Å². The minimum atomic E-state index is -0.121. The van der Waals surface area contributed by atoms with Crippen molar-refractivity contribution in [2.45, 2.75) is 13.8 Å². The predicted molar refractivity (Wildman–Crippen MR) is 54.9 cm³/mol. The van der Waals surface area contributed by atoms with Gasteiger partial charge in [0.1, 0.15) is 5.70 Å². The van der Waals surface area contributed by atoms with Crippen molar-refractivity contribution in [2.75, 3.05) is 0 Å². The molecule has 0 atom stereocenters. The zero-order valence-electron chi connectivity index (χ0n) is 7.54. The summed E-state index contributed by atoms with van der Waals surface area (Å²) in [5.41, 5.74) is 1.17. The first kappa shape index (κ1) is 9.93. The van der Waals surface area contributed by atoms with E-state index in [1.807, 2.05) is 19.1 Å². The van der Waals surface area contributed by atoms with E-state index in [-0.39, 0.29) is 5.78 Å². The Morgan fingerprint density at radius 1 is 1.46 bits per heavy atom. The molecule has 0 spiro atoms. The fourth-order valence-electron chi connectivity index (χ4n) is 0.929. The summed E-state index contributed by atoms with van der Waals surface area (Å²) in [6.07, 6.45) is 6.99. The number of carbonyl (C=O) groups is 1. The highest BCUT2D eigenvalue weighted by Gasteiger charge is 2.09. The van der Waals surface area contributed by atoms with Crippen molar-refractivity contribution in [3.8, 4) is 0 Å². The van der Waals surface area contributed by atoms with Crippen molar-refractivity contribution < 1.29 is 4.79 Å². The molecule has 1 aliphatic heterocycles. The van der Waals surface area contributed by atoms with E-state index in [1.54, 1.807) is 12.3 Å². The van der Waals surface area contributed by atoms with Gasteiger partial charge in [-0.15, -0.1) is 0 Å². The van der Waals surface area contributed by atoms with Gasteiger partial charge in [0, 0.05) is 13.1 Å². The van der Waals surface area contributed by atoms with Gasteiger partial charge in [0.25, 0.3) is 0 Å². The topological polar surface area (TPSA) is 29.4 Å². The average Bonchev–Trinajstić information content (AvgIpc) is 2.06. The molecular formula is C10H10ClNO. The van der Waals surface area contributed by atoms with E-state index in [0.717, 1.165) is 5.57 Å². The Labute approximate surface area is 82.3 Å². The largest absolute Gasteiger partial charge is 0.293 e. The molecule has 0 saturated carbocycles. The van der Waals surface area contributed by atoms with Crippen LogP contribution in [0.4, 0.5) is 0 Å².